The van der Waals surface area contributed by atoms with E-state index < -0.39 is 0 Å². The fourth-order valence-corrected chi connectivity index (χ4v) is 2.57. The van der Waals surface area contributed by atoms with E-state index in [2.05, 4.69) is 47.0 Å². The number of halogens is 1. The summed E-state index contributed by atoms with van der Waals surface area (Å²) in [5.74, 6) is -0.00131. The summed E-state index contributed by atoms with van der Waals surface area (Å²) in [5, 5.41) is 2.97. The lowest BCUT2D eigenvalue weighted by Crippen LogP contribution is -2.26. The first-order valence-corrected chi connectivity index (χ1v) is 7.33. The van der Waals surface area contributed by atoms with Gasteiger partial charge in [0.15, 0.2) is 0 Å². The van der Waals surface area contributed by atoms with Gasteiger partial charge >= 0.3 is 0 Å². The van der Waals surface area contributed by atoms with E-state index >= 15 is 0 Å². The molecule has 2 aromatic rings. The molecule has 2 nitrogen and oxygen atoms in total. The average Bonchev–Trinajstić information content (AvgIpc) is 2.41. The van der Waals surface area contributed by atoms with Gasteiger partial charge in [-0.2, -0.15) is 0 Å². The second-order valence-electron chi connectivity index (χ2n) is 4.41. The van der Waals surface area contributed by atoms with Crippen molar-refractivity contribution in [1.82, 2.24) is 5.32 Å². The molecule has 1 N–H and O–H groups in total. The van der Waals surface area contributed by atoms with Crippen molar-refractivity contribution in [3.05, 3.63) is 68.8 Å². The quantitative estimate of drug-likeness (QED) is 0.825. The fraction of sp³-hybridized carbons (Fsp3) is 0.188. The van der Waals surface area contributed by atoms with E-state index in [0.717, 1.165) is 15.6 Å². The SMILES string of the molecule is Cc1ccccc1CCNC(=O)c1ccccc1I. The van der Waals surface area contributed by atoms with E-state index in [4.69, 9.17) is 0 Å². The summed E-state index contributed by atoms with van der Waals surface area (Å²) in [4.78, 5) is 12.0. The van der Waals surface area contributed by atoms with Crippen LogP contribution in [0, 0.1) is 10.5 Å². The second-order valence-corrected chi connectivity index (χ2v) is 5.57. The van der Waals surface area contributed by atoms with Crippen molar-refractivity contribution in [3.63, 3.8) is 0 Å². The van der Waals surface area contributed by atoms with Crippen LogP contribution in [0.1, 0.15) is 21.5 Å². The molecule has 0 saturated carbocycles. The van der Waals surface area contributed by atoms with Gasteiger partial charge in [-0.05, 0) is 59.2 Å². The number of carbonyl (C=O) groups excluding carboxylic acids is 1. The normalized spacial score (nSPS) is 10.2. The van der Waals surface area contributed by atoms with Gasteiger partial charge in [-0.3, -0.25) is 4.79 Å². The summed E-state index contributed by atoms with van der Waals surface area (Å²) < 4.78 is 0.980. The van der Waals surface area contributed by atoms with Gasteiger partial charge < -0.3 is 5.32 Å². The maximum Gasteiger partial charge on any atom is 0.252 e. The summed E-state index contributed by atoms with van der Waals surface area (Å²) in [6.07, 6.45) is 0.863. The summed E-state index contributed by atoms with van der Waals surface area (Å²) in [6.45, 7) is 2.76. The molecule has 19 heavy (non-hydrogen) atoms. The molecule has 0 aliphatic rings. The first kappa shape index (κ1) is 14.1. The van der Waals surface area contributed by atoms with Crippen LogP contribution < -0.4 is 5.32 Å². The molecular weight excluding hydrogens is 349 g/mol. The van der Waals surface area contributed by atoms with Crippen LogP contribution >= 0.6 is 22.6 Å². The van der Waals surface area contributed by atoms with Crippen molar-refractivity contribution < 1.29 is 4.79 Å². The van der Waals surface area contributed by atoms with E-state index in [9.17, 15) is 4.79 Å². The highest BCUT2D eigenvalue weighted by Gasteiger charge is 2.08. The number of hydrogen-bond donors (Lipinski definition) is 1. The van der Waals surface area contributed by atoms with Crippen LogP contribution in [0.3, 0.4) is 0 Å². The summed E-state index contributed by atoms with van der Waals surface area (Å²) in [7, 11) is 0. The molecule has 1 amide bonds. The van der Waals surface area contributed by atoms with E-state index in [1.54, 1.807) is 0 Å². The topological polar surface area (TPSA) is 29.1 Å². The molecule has 0 bridgehead atoms. The van der Waals surface area contributed by atoms with Crippen LogP contribution in [-0.4, -0.2) is 12.5 Å². The molecule has 2 rings (SSSR count). The lowest BCUT2D eigenvalue weighted by Gasteiger charge is -2.08. The first-order valence-electron chi connectivity index (χ1n) is 6.25. The molecule has 0 atom stereocenters. The lowest BCUT2D eigenvalue weighted by atomic mass is 10.1. The number of carbonyl (C=O) groups is 1. The van der Waals surface area contributed by atoms with Crippen molar-refractivity contribution in [2.75, 3.05) is 6.54 Å². The third-order valence-corrected chi connectivity index (χ3v) is 4.00. The largest absolute Gasteiger partial charge is 0.352 e. The molecule has 0 heterocycles. The molecule has 0 fully saturated rings. The first-order chi connectivity index (χ1) is 9.18. The second kappa shape index (κ2) is 6.70. The van der Waals surface area contributed by atoms with Gasteiger partial charge in [-0.15, -0.1) is 0 Å². The Hall–Kier alpha value is -1.36. The molecule has 0 aliphatic carbocycles. The van der Waals surface area contributed by atoms with Crippen molar-refractivity contribution in [2.24, 2.45) is 0 Å². The highest BCUT2D eigenvalue weighted by atomic mass is 127. The Bertz CT molecular complexity index is 580. The molecule has 0 radical (unpaired) electrons. The number of rotatable bonds is 4. The summed E-state index contributed by atoms with van der Waals surface area (Å²) in [5.41, 5.74) is 3.30. The number of aryl methyl sites for hydroxylation is 1. The van der Waals surface area contributed by atoms with Crippen molar-refractivity contribution in [1.29, 1.82) is 0 Å². The smallest absolute Gasteiger partial charge is 0.252 e. The third-order valence-electron chi connectivity index (χ3n) is 3.06. The van der Waals surface area contributed by atoms with Gasteiger partial charge in [-0.25, -0.2) is 0 Å². The van der Waals surface area contributed by atoms with Crippen LogP contribution in [0.4, 0.5) is 0 Å². The van der Waals surface area contributed by atoms with Gasteiger partial charge in [0, 0.05) is 10.1 Å². The van der Waals surface area contributed by atoms with Crippen molar-refractivity contribution >= 4 is 28.5 Å². The molecular formula is C16H16INO. The zero-order valence-corrected chi connectivity index (χ0v) is 13.0. The Morgan fingerprint density at radius 3 is 2.53 bits per heavy atom. The van der Waals surface area contributed by atoms with Crippen LogP contribution in [-0.2, 0) is 6.42 Å². The predicted molar refractivity (Wildman–Crippen MR) is 86.4 cm³/mol. The molecule has 0 aromatic heterocycles. The fourth-order valence-electron chi connectivity index (χ4n) is 1.94. The van der Waals surface area contributed by atoms with E-state index in [1.807, 2.05) is 36.4 Å². The van der Waals surface area contributed by atoms with Crippen LogP contribution in [0.5, 0.6) is 0 Å². The Kier molecular flexibility index (Phi) is 4.96. The summed E-state index contributed by atoms with van der Waals surface area (Å²) >= 11 is 2.18. The van der Waals surface area contributed by atoms with Crippen LogP contribution in [0.25, 0.3) is 0 Å². The van der Waals surface area contributed by atoms with Crippen LogP contribution in [0.15, 0.2) is 48.5 Å². The zero-order chi connectivity index (χ0) is 13.7. The molecule has 98 valence electrons. The van der Waals surface area contributed by atoms with Crippen molar-refractivity contribution in [3.8, 4) is 0 Å². The van der Waals surface area contributed by atoms with E-state index in [0.29, 0.717) is 6.54 Å². The van der Waals surface area contributed by atoms with E-state index in [-0.39, 0.29) is 5.91 Å². The number of benzene rings is 2. The number of hydrogen-bond acceptors (Lipinski definition) is 1. The predicted octanol–water partition coefficient (Wildman–Crippen LogP) is 3.57. The Morgan fingerprint density at radius 2 is 1.79 bits per heavy atom. The van der Waals surface area contributed by atoms with Gasteiger partial charge in [0.25, 0.3) is 5.91 Å². The monoisotopic (exact) mass is 365 g/mol. The minimum absolute atomic E-state index is 0.00131. The minimum Gasteiger partial charge on any atom is -0.352 e. The average molecular weight is 365 g/mol. The summed E-state index contributed by atoms with van der Waals surface area (Å²) in [6, 6.07) is 15.9. The third kappa shape index (κ3) is 3.80. The lowest BCUT2D eigenvalue weighted by molar-refractivity contribution is 0.0953. The molecule has 0 aliphatic heterocycles. The van der Waals surface area contributed by atoms with E-state index in [1.165, 1.54) is 11.1 Å². The van der Waals surface area contributed by atoms with Gasteiger partial charge in [0.05, 0.1) is 5.56 Å². The molecule has 0 saturated heterocycles. The van der Waals surface area contributed by atoms with Gasteiger partial charge in [0.2, 0.25) is 0 Å². The van der Waals surface area contributed by atoms with Crippen LogP contribution in [0.2, 0.25) is 0 Å². The highest BCUT2D eigenvalue weighted by Crippen LogP contribution is 2.11. The maximum absolute atomic E-state index is 12.0. The Balaban J connectivity index is 1.92. The zero-order valence-electron chi connectivity index (χ0n) is 10.8. The Morgan fingerprint density at radius 1 is 1.11 bits per heavy atom. The molecule has 0 unspecified atom stereocenters. The molecule has 2 aromatic carbocycles. The standard InChI is InChI=1S/C16H16INO/c1-12-6-2-3-7-13(12)10-11-18-16(19)14-8-4-5-9-15(14)17/h2-9H,10-11H2,1H3,(H,18,19). The minimum atomic E-state index is -0.00131. The number of nitrogens with one attached hydrogen (secondary N) is 1. The molecule has 0 spiro atoms. The van der Waals surface area contributed by atoms with Gasteiger partial charge in [0.1, 0.15) is 0 Å². The van der Waals surface area contributed by atoms with Gasteiger partial charge in [-0.1, -0.05) is 36.4 Å². The Labute approximate surface area is 127 Å². The number of amides is 1. The highest BCUT2D eigenvalue weighted by molar-refractivity contribution is 14.1. The molecule has 3 heteroatoms. The maximum atomic E-state index is 12.0. The van der Waals surface area contributed by atoms with Crippen molar-refractivity contribution in [2.45, 2.75) is 13.3 Å².